The summed E-state index contributed by atoms with van der Waals surface area (Å²) >= 11 is 0. The number of hydrogen-bond donors (Lipinski definition) is 1. The average Bonchev–Trinajstić information content (AvgIpc) is 3.24. The third kappa shape index (κ3) is 2.59. The SMILES string of the molecule is Cn1c(C2C(C3CC3)CCN2Cc2ccncc2F)n[nH]c1=O. The molecule has 1 aliphatic carbocycles. The van der Waals surface area contributed by atoms with Gasteiger partial charge in [0.15, 0.2) is 5.82 Å². The smallest absolute Gasteiger partial charge is 0.289 e. The van der Waals surface area contributed by atoms with Crippen LogP contribution in [0, 0.1) is 17.7 Å². The van der Waals surface area contributed by atoms with Crippen LogP contribution in [0.3, 0.4) is 0 Å². The monoisotopic (exact) mass is 317 g/mol. The zero-order valence-corrected chi connectivity index (χ0v) is 13.1. The average molecular weight is 317 g/mol. The maximum absolute atomic E-state index is 14.0. The Bertz CT molecular complexity index is 766. The van der Waals surface area contributed by atoms with Crippen molar-refractivity contribution in [2.75, 3.05) is 6.54 Å². The molecule has 2 fully saturated rings. The van der Waals surface area contributed by atoms with E-state index in [1.807, 2.05) is 0 Å². The van der Waals surface area contributed by atoms with E-state index >= 15 is 0 Å². The van der Waals surface area contributed by atoms with Crippen molar-refractivity contribution >= 4 is 0 Å². The largest absolute Gasteiger partial charge is 0.343 e. The molecule has 2 aromatic rings. The van der Waals surface area contributed by atoms with Crippen LogP contribution in [0.15, 0.2) is 23.3 Å². The summed E-state index contributed by atoms with van der Waals surface area (Å²) < 4.78 is 15.5. The molecule has 2 aromatic heterocycles. The molecule has 0 spiro atoms. The second-order valence-corrected chi connectivity index (χ2v) is 6.62. The first-order valence-electron chi connectivity index (χ1n) is 8.09. The van der Waals surface area contributed by atoms with E-state index < -0.39 is 0 Å². The number of aromatic nitrogens is 4. The van der Waals surface area contributed by atoms with Crippen LogP contribution in [0.5, 0.6) is 0 Å². The van der Waals surface area contributed by atoms with Crippen molar-refractivity contribution in [3.63, 3.8) is 0 Å². The van der Waals surface area contributed by atoms with Gasteiger partial charge in [-0.15, -0.1) is 0 Å². The third-order valence-electron chi connectivity index (χ3n) is 5.18. The number of nitrogens with one attached hydrogen (secondary N) is 1. The normalized spacial score (nSPS) is 25.1. The summed E-state index contributed by atoms with van der Waals surface area (Å²) in [7, 11) is 1.74. The first-order chi connectivity index (χ1) is 11.1. The van der Waals surface area contributed by atoms with Gasteiger partial charge >= 0.3 is 5.69 Å². The van der Waals surface area contributed by atoms with Crippen molar-refractivity contribution in [1.82, 2.24) is 24.6 Å². The van der Waals surface area contributed by atoms with Gasteiger partial charge in [0.2, 0.25) is 0 Å². The molecule has 2 unspecified atom stereocenters. The van der Waals surface area contributed by atoms with Crippen LogP contribution in [0.1, 0.15) is 36.7 Å². The molecule has 0 amide bonds. The lowest BCUT2D eigenvalue weighted by Crippen LogP contribution is -2.29. The first-order valence-corrected chi connectivity index (χ1v) is 8.09. The minimum absolute atomic E-state index is 0.0685. The molecule has 6 nitrogen and oxygen atoms in total. The Labute approximate surface area is 133 Å². The van der Waals surface area contributed by atoms with Crippen molar-refractivity contribution in [2.45, 2.75) is 31.8 Å². The number of hydrogen-bond acceptors (Lipinski definition) is 4. The van der Waals surface area contributed by atoms with E-state index in [1.165, 1.54) is 19.0 Å². The summed E-state index contributed by atoms with van der Waals surface area (Å²) in [6.45, 7) is 1.41. The van der Waals surface area contributed by atoms with Gasteiger partial charge < -0.3 is 0 Å². The second-order valence-electron chi connectivity index (χ2n) is 6.62. The predicted octanol–water partition coefficient (Wildman–Crippen LogP) is 1.62. The van der Waals surface area contributed by atoms with Crippen molar-refractivity contribution in [2.24, 2.45) is 18.9 Å². The van der Waals surface area contributed by atoms with Crippen molar-refractivity contribution in [3.8, 4) is 0 Å². The first kappa shape index (κ1) is 14.6. The molecule has 23 heavy (non-hydrogen) atoms. The molecule has 3 heterocycles. The van der Waals surface area contributed by atoms with E-state index in [2.05, 4.69) is 20.1 Å². The number of aromatic amines is 1. The summed E-state index contributed by atoms with van der Waals surface area (Å²) in [6.07, 6.45) is 6.44. The number of likely N-dealkylation sites (tertiary alicyclic amines) is 1. The number of halogens is 1. The second kappa shape index (κ2) is 5.56. The Balaban J connectivity index is 1.66. The molecular formula is C16H20FN5O. The quantitative estimate of drug-likeness (QED) is 0.930. The van der Waals surface area contributed by atoms with Crippen molar-refractivity contribution < 1.29 is 4.39 Å². The van der Waals surface area contributed by atoms with Crippen LogP contribution in [-0.4, -0.2) is 31.2 Å². The molecule has 1 saturated carbocycles. The van der Waals surface area contributed by atoms with Crippen molar-refractivity contribution in [1.29, 1.82) is 0 Å². The fraction of sp³-hybridized carbons (Fsp3) is 0.562. The van der Waals surface area contributed by atoms with Crippen LogP contribution in [0.2, 0.25) is 0 Å². The molecule has 2 aliphatic rings. The predicted molar refractivity (Wildman–Crippen MR) is 82.0 cm³/mol. The van der Waals surface area contributed by atoms with Crippen molar-refractivity contribution in [3.05, 3.63) is 46.1 Å². The highest BCUT2D eigenvalue weighted by atomic mass is 19.1. The molecule has 122 valence electrons. The topological polar surface area (TPSA) is 66.8 Å². The number of nitrogens with zero attached hydrogens (tertiary/aromatic N) is 4. The Morgan fingerprint density at radius 2 is 2.22 bits per heavy atom. The highest BCUT2D eigenvalue weighted by molar-refractivity contribution is 5.15. The Morgan fingerprint density at radius 1 is 1.39 bits per heavy atom. The molecule has 1 N–H and O–H groups in total. The molecule has 1 aliphatic heterocycles. The van der Waals surface area contributed by atoms with Gasteiger partial charge in [-0.05, 0) is 43.7 Å². The summed E-state index contributed by atoms with van der Waals surface area (Å²) in [5.41, 5.74) is 0.443. The summed E-state index contributed by atoms with van der Waals surface area (Å²) in [6, 6.07) is 1.79. The number of pyridine rings is 1. The minimum atomic E-state index is -0.281. The fourth-order valence-corrected chi connectivity index (χ4v) is 3.81. The van der Waals surface area contributed by atoms with Gasteiger partial charge in [-0.2, -0.15) is 5.10 Å². The number of rotatable bonds is 4. The zero-order chi connectivity index (χ0) is 16.0. The third-order valence-corrected chi connectivity index (χ3v) is 5.18. The van der Waals surface area contributed by atoms with Gasteiger partial charge in [0.25, 0.3) is 0 Å². The van der Waals surface area contributed by atoms with E-state index in [4.69, 9.17) is 0 Å². The van der Waals surface area contributed by atoms with E-state index in [9.17, 15) is 9.18 Å². The molecule has 0 bridgehead atoms. The van der Waals surface area contributed by atoms with Crippen LogP contribution in [0.4, 0.5) is 4.39 Å². The van der Waals surface area contributed by atoms with E-state index in [1.54, 1.807) is 23.9 Å². The lowest BCUT2D eigenvalue weighted by Gasteiger charge is -2.27. The van der Waals surface area contributed by atoms with Gasteiger partial charge in [0.05, 0.1) is 12.2 Å². The minimum Gasteiger partial charge on any atom is -0.289 e. The lowest BCUT2D eigenvalue weighted by atomic mass is 9.94. The zero-order valence-electron chi connectivity index (χ0n) is 13.1. The Hall–Kier alpha value is -2.02. The standard InChI is InChI=1S/C16H20FN5O/c1-21-15(19-20-16(21)23)14-12(10-2-3-10)5-7-22(14)9-11-4-6-18-8-13(11)17/h4,6,8,10,12,14H,2-3,5,7,9H2,1H3,(H,20,23). The summed E-state index contributed by atoms with van der Waals surface area (Å²) in [5, 5.41) is 6.79. The highest BCUT2D eigenvalue weighted by Crippen LogP contribution is 2.50. The van der Waals surface area contributed by atoms with E-state index in [-0.39, 0.29) is 17.5 Å². The highest BCUT2D eigenvalue weighted by Gasteiger charge is 2.45. The molecule has 1 saturated heterocycles. The van der Waals surface area contributed by atoms with Gasteiger partial charge in [-0.1, -0.05) is 0 Å². The number of H-pyrrole nitrogens is 1. The maximum atomic E-state index is 14.0. The Morgan fingerprint density at radius 3 is 2.87 bits per heavy atom. The van der Waals surface area contributed by atoms with Crippen LogP contribution >= 0.6 is 0 Å². The maximum Gasteiger partial charge on any atom is 0.343 e. The molecule has 7 heteroatoms. The van der Waals surface area contributed by atoms with Crippen LogP contribution in [0.25, 0.3) is 0 Å². The molecular weight excluding hydrogens is 297 g/mol. The van der Waals surface area contributed by atoms with Crippen LogP contribution < -0.4 is 5.69 Å². The molecule has 2 atom stereocenters. The van der Waals surface area contributed by atoms with E-state index in [0.717, 1.165) is 18.8 Å². The molecule has 0 aromatic carbocycles. The lowest BCUT2D eigenvalue weighted by molar-refractivity contribution is 0.195. The van der Waals surface area contributed by atoms with Gasteiger partial charge in [0.1, 0.15) is 5.82 Å². The van der Waals surface area contributed by atoms with Crippen LogP contribution in [-0.2, 0) is 13.6 Å². The van der Waals surface area contributed by atoms with Gasteiger partial charge in [-0.3, -0.25) is 14.5 Å². The van der Waals surface area contributed by atoms with E-state index in [0.29, 0.717) is 23.9 Å². The van der Waals surface area contributed by atoms with Gasteiger partial charge in [0, 0.05) is 25.4 Å². The summed E-state index contributed by atoms with van der Waals surface area (Å²) in [4.78, 5) is 17.8. The van der Waals surface area contributed by atoms with Gasteiger partial charge in [-0.25, -0.2) is 14.3 Å². The summed E-state index contributed by atoms with van der Waals surface area (Å²) in [5.74, 6) is 1.68. The Kier molecular flexibility index (Phi) is 3.52. The fourth-order valence-electron chi connectivity index (χ4n) is 3.81. The molecule has 0 radical (unpaired) electrons. The molecule has 4 rings (SSSR count).